The number of nitrogens with zero attached hydrogens (tertiary/aromatic N) is 8. The molecule has 5 aromatic heterocycles. The van der Waals surface area contributed by atoms with Crippen molar-refractivity contribution in [3.63, 3.8) is 0 Å². The number of pyridine rings is 2. The van der Waals surface area contributed by atoms with Crippen LogP contribution in [0.2, 0.25) is 0 Å². The third kappa shape index (κ3) is 3.14. The Morgan fingerprint density at radius 1 is 1.07 bits per heavy atom. The van der Waals surface area contributed by atoms with Gasteiger partial charge in [0.15, 0.2) is 11.6 Å². The molecule has 0 spiro atoms. The zero-order valence-corrected chi connectivity index (χ0v) is 17.0. The number of rotatable bonds is 5. The molecule has 0 saturated heterocycles. The second-order valence-electron chi connectivity index (χ2n) is 7.42. The number of hydrogen-bond donors (Lipinski definition) is 1. The Balaban J connectivity index is 1.74. The molecule has 30 heavy (non-hydrogen) atoms. The van der Waals surface area contributed by atoms with Gasteiger partial charge in [-0.15, -0.1) is 10.2 Å². The molecule has 5 rings (SSSR count). The largest absolute Gasteiger partial charge is 0.365 e. The lowest BCUT2D eigenvalue weighted by Gasteiger charge is -2.13. The summed E-state index contributed by atoms with van der Waals surface area (Å²) in [7, 11) is 0. The highest BCUT2D eigenvalue weighted by Crippen LogP contribution is 2.27. The first-order valence-electron chi connectivity index (χ1n) is 9.79. The minimum absolute atomic E-state index is 0.199. The van der Waals surface area contributed by atoms with Crippen LogP contribution in [0.3, 0.4) is 0 Å². The molecule has 0 fully saturated rings. The summed E-state index contributed by atoms with van der Waals surface area (Å²) < 4.78 is 4.06. The first-order valence-corrected chi connectivity index (χ1v) is 9.79. The van der Waals surface area contributed by atoms with Gasteiger partial charge in [0.05, 0.1) is 24.0 Å². The standard InChI is InChI=1S/C21H21N9/c1-13(2)24-19-21-28-27-14(3)29(21)12-17(25-19)20-26-16-10-22-9-7-18(16)30(20)11-15-6-4-5-8-23-15/h4-10,12-13H,11H2,1-3H3,(H,24,25). The number of anilines is 1. The van der Waals surface area contributed by atoms with E-state index in [9.17, 15) is 0 Å². The van der Waals surface area contributed by atoms with Crippen molar-refractivity contribution in [1.29, 1.82) is 0 Å². The second-order valence-corrected chi connectivity index (χ2v) is 7.42. The van der Waals surface area contributed by atoms with Crippen LogP contribution in [0.15, 0.2) is 49.1 Å². The fraction of sp³-hybridized carbons (Fsp3) is 0.238. The fourth-order valence-electron chi connectivity index (χ4n) is 3.48. The number of aryl methyl sites for hydroxylation is 1. The van der Waals surface area contributed by atoms with E-state index < -0.39 is 0 Å². The molecule has 0 saturated carbocycles. The van der Waals surface area contributed by atoms with Crippen LogP contribution in [-0.2, 0) is 6.54 Å². The molecular weight excluding hydrogens is 378 g/mol. The van der Waals surface area contributed by atoms with Crippen molar-refractivity contribution in [2.75, 3.05) is 5.32 Å². The average molecular weight is 399 g/mol. The molecule has 9 nitrogen and oxygen atoms in total. The van der Waals surface area contributed by atoms with E-state index in [0.717, 1.165) is 34.1 Å². The number of aromatic nitrogens is 8. The Morgan fingerprint density at radius 2 is 1.97 bits per heavy atom. The van der Waals surface area contributed by atoms with Crippen LogP contribution in [0, 0.1) is 6.92 Å². The fourth-order valence-corrected chi connectivity index (χ4v) is 3.48. The van der Waals surface area contributed by atoms with Crippen LogP contribution in [0.4, 0.5) is 5.82 Å². The lowest BCUT2D eigenvalue weighted by Crippen LogP contribution is -2.14. The van der Waals surface area contributed by atoms with Gasteiger partial charge in [-0.25, -0.2) is 9.97 Å². The summed E-state index contributed by atoms with van der Waals surface area (Å²) in [5.74, 6) is 2.21. The summed E-state index contributed by atoms with van der Waals surface area (Å²) in [5.41, 5.74) is 4.15. The maximum Gasteiger partial charge on any atom is 0.203 e. The van der Waals surface area contributed by atoms with Gasteiger partial charge in [-0.2, -0.15) is 0 Å². The van der Waals surface area contributed by atoms with Crippen LogP contribution in [-0.4, -0.2) is 45.1 Å². The van der Waals surface area contributed by atoms with Gasteiger partial charge in [-0.05, 0) is 39.0 Å². The molecule has 0 aromatic carbocycles. The monoisotopic (exact) mass is 399 g/mol. The van der Waals surface area contributed by atoms with E-state index >= 15 is 0 Å². The minimum Gasteiger partial charge on any atom is -0.365 e. The van der Waals surface area contributed by atoms with Gasteiger partial charge in [0.25, 0.3) is 0 Å². The highest BCUT2D eigenvalue weighted by molar-refractivity contribution is 5.80. The van der Waals surface area contributed by atoms with Crippen molar-refractivity contribution < 1.29 is 0 Å². The van der Waals surface area contributed by atoms with Gasteiger partial charge in [0.2, 0.25) is 5.65 Å². The SMILES string of the molecule is Cc1nnc2c(NC(C)C)nc(-c3nc4cnccc4n3Cc3ccccn3)cn12. The van der Waals surface area contributed by atoms with Gasteiger partial charge in [0.1, 0.15) is 17.0 Å². The van der Waals surface area contributed by atoms with E-state index in [1.807, 2.05) is 41.8 Å². The van der Waals surface area contributed by atoms with E-state index in [1.54, 1.807) is 18.6 Å². The summed E-state index contributed by atoms with van der Waals surface area (Å²) in [6.45, 7) is 6.63. The number of nitrogens with one attached hydrogen (secondary N) is 1. The topological polar surface area (TPSA) is 98.7 Å². The van der Waals surface area contributed by atoms with Crippen LogP contribution in [0.1, 0.15) is 25.4 Å². The maximum atomic E-state index is 4.86. The van der Waals surface area contributed by atoms with Gasteiger partial charge in [-0.3, -0.25) is 14.4 Å². The van der Waals surface area contributed by atoms with Crippen LogP contribution < -0.4 is 5.32 Å². The lowest BCUT2D eigenvalue weighted by atomic mass is 10.3. The first kappa shape index (κ1) is 18.2. The molecule has 0 aliphatic heterocycles. The van der Waals surface area contributed by atoms with E-state index in [1.165, 1.54) is 0 Å². The zero-order chi connectivity index (χ0) is 20.7. The highest BCUT2D eigenvalue weighted by atomic mass is 15.3. The number of imidazole rings is 1. The molecule has 0 aliphatic carbocycles. The molecule has 5 heterocycles. The van der Waals surface area contributed by atoms with E-state index in [4.69, 9.17) is 9.97 Å². The van der Waals surface area contributed by atoms with E-state index in [-0.39, 0.29) is 6.04 Å². The maximum absolute atomic E-state index is 4.86. The van der Waals surface area contributed by atoms with E-state index in [2.05, 4.69) is 43.9 Å². The van der Waals surface area contributed by atoms with Crippen LogP contribution in [0.25, 0.3) is 28.2 Å². The zero-order valence-electron chi connectivity index (χ0n) is 17.0. The first-order chi connectivity index (χ1) is 14.6. The van der Waals surface area contributed by atoms with Crippen molar-refractivity contribution >= 4 is 22.5 Å². The third-order valence-corrected chi connectivity index (χ3v) is 4.81. The Hall–Kier alpha value is -3.88. The van der Waals surface area contributed by atoms with Crippen molar-refractivity contribution in [2.45, 2.75) is 33.4 Å². The van der Waals surface area contributed by atoms with Crippen molar-refractivity contribution in [3.05, 3.63) is 60.6 Å². The molecule has 0 unspecified atom stereocenters. The molecule has 0 radical (unpaired) electrons. The molecule has 0 amide bonds. The number of fused-ring (bicyclic) bond motifs is 2. The molecular formula is C21H21N9. The summed E-state index contributed by atoms with van der Waals surface area (Å²) in [4.78, 5) is 18.4. The molecule has 1 N–H and O–H groups in total. The number of hydrogen-bond acceptors (Lipinski definition) is 7. The second kappa shape index (κ2) is 7.18. The molecule has 9 heteroatoms. The van der Waals surface area contributed by atoms with Gasteiger partial charge in [0, 0.05) is 24.6 Å². The predicted molar refractivity (Wildman–Crippen MR) is 114 cm³/mol. The Bertz CT molecular complexity index is 1340. The molecule has 0 bridgehead atoms. The Kier molecular flexibility index (Phi) is 4.35. The minimum atomic E-state index is 0.199. The third-order valence-electron chi connectivity index (χ3n) is 4.81. The summed E-state index contributed by atoms with van der Waals surface area (Å²) in [6.07, 6.45) is 7.27. The smallest absolute Gasteiger partial charge is 0.203 e. The highest BCUT2D eigenvalue weighted by Gasteiger charge is 2.19. The summed E-state index contributed by atoms with van der Waals surface area (Å²) >= 11 is 0. The quantitative estimate of drug-likeness (QED) is 0.485. The van der Waals surface area contributed by atoms with Gasteiger partial charge < -0.3 is 9.88 Å². The van der Waals surface area contributed by atoms with Crippen LogP contribution >= 0.6 is 0 Å². The molecule has 5 aromatic rings. The lowest BCUT2D eigenvalue weighted by molar-refractivity contribution is 0.800. The molecule has 0 aliphatic rings. The van der Waals surface area contributed by atoms with Crippen molar-refractivity contribution in [2.24, 2.45) is 0 Å². The molecule has 0 atom stereocenters. The van der Waals surface area contributed by atoms with E-state index in [0.29, 0.717) is 18.0 Å². The van der Waals surface area contributed by atoms with Gasteiger partial charge in [-0.1, -0.05) is 6.07 Å². The van der Waals surface area contributed by atoms with Crippen LogP contribution in [0.5, 0.6) is 0 Å². The average Bonchev–Trinajstić information content (AvgIpc) is 3.30. The Morgan fingerprint density at radius 3 is 2.77 bits per heavy atom. The van der Waals surface area contributed by atoms with Crippen molar-refractivity contribution in [1.82, 2.24) is 39.1 Å². The summed E-state index contributed by atoms with van der Waals surface area (Å²) in [5, 5.41) is 11.9. The normalized spacial score (nSPS) is 11.6. The predicted octanol–water partition coefficient (Wildman–Crippen LogP) is 3.11. The molecule has 150 valence electrons. The van der Waals surface area contributed by atoms with Gasteiger partial charge >= 0.3 is 0 Å². The summed E-state index contributed by atoms with van der Waals surface area (Å²) in [6, 6.07) is 8.06. The Labute approximate surface area is 172 Å². The van der Waals surface area contributed by atoms with Crippen molar-refractivity contribution in [3.8, 4) is 11.5 Å².